The zero-order valence-electron chi connectivity index (χ0n) is 14.8. The molecule has 2 aromatic rings. The number of hydrogen-bond acceptors (Lipinski definition) is 4. The molecule has 1 atom stereocenters. The molecule has 0 saturated carbocycles. The predicted molar refractivity (Wildman–Crippen MR) is 100 cm³/mol. The van der Waals surface area contributed by atoms with Crippen LogP contribution in [0.1, 0.15) is 37.1 Å². The van der Waals surface area contributed by atoms with Gasteiger partial charge in [0.15, 0.2) is 0 Å². The molecule has 0 bridgehead atoms. The Labute approximate surface area is 149 Å². The maximum absolute atomic E-state index is 6.06. The Hall–Kier alpha value is -1.23. The molecule has 130 valence electrons. The molecule has 4 heteroatoms. The Balaban J connectivity index is 1.62. The Morgan fingerprint density at radius 2 is 2.25 bits per heavy atom. The zero-order valence-corrected chi connectivity index (χ0v) is 15.6. The monoisotopic (exact) mass is 344 g/mol. The summed E-state index contributed by atoms with van der Waals surface area (Å²) < 4.78 is 6.06. The lowest BCUT2D eigenvalue weighted by Gasteiger charge is -2.30. The fraction of sp³-hybridized carbons (Fsp3) is 0.550. The Morgan fingerprint density at radius 1 is 1.33 bits per heavy atom. The van der Waals surface area contributed by atoms with Crippen LogP contribution in [0.2, 0.25) is 0 Å². The molecule has 2 aromatic heterocycles. The molecule has 1 unspecified atom stereocenters. The van der Waals surface area contributed by atoms with Crippen molar-refractivity contribution in [2.75, 3.05) is 19.7 Å². The maximum atomic E-state index is 6.06. The SMILES string of the molecule is CC(C)OCC1(CCc2cccs2)CCN(Cc2cccnc2)C1. The second-order valence-corrected chi connectivity index (χ2v) is 8.29. The summed E-state index contributed by atoms with van der Waals surface area (Å²) in [5.74, 6) is 0. The van der Waals surface area contributed by atoms with Gasteiger partial charge in [-0.25, -0.2) is 0 Å². The molecule has 0 amide bonds. The predicted octanol–water partition coefficient (Wildman–Crippen LogP) is 4.39. The van der Waals surface area contributed by atoms with Crippen LogP contribution < -0.4 is 0 Å². The largest absolute Gasteiger partial charge is 0.378 e. The first kappa shape index (κ1) is 17.6. The first-order valence-corrected chi connectivity index (χ1v) is 9.78. The molecule has 0 N–H and O–H groups in total. The van der Waals surface area contributed by atoms with Gasteiger partial charge in [-0.15, -0.1) is 11.3 Å². The van der Waals surface area contributed by atoms with Gasteiger partial charge in [0.1, 0.15) is 0 Å². The summed E-state index contributed by atoms with van der Waals surface area (Å²) in [5.41, 5.74) is 1.59. The topological polar surface area (TPSA) is 25.4 Å². The Kier molecular flexibility index (Phi) is 6.04. The highest BCUT2D eigenvalue weighted by Gasteiger charge is 2.38. The minimum Gasteiger partial charge on any atom is -0.378 e. The van der Waals surface area contributed by atoms with Gasteiger partial charge in [-0.2, -0.15) is 0 Å². The summed E-state index contributed by atoms with van der Waals surface area (Å²) >= 11 is 1.87. The third kappa shape index (κ3) is 4.88. The molecule has 0 radical (unpaired) electrons. The van der Waals surface area contributed by atoms with Gasteiger partial charge in [-0.05, 0) is 62.7 Å². The lowest BCUT2D eigenvalue weighted by molar-refractivity contribution is 0.00638. The summed E-state index contributed by atoms with van der Waals surface area (Å²) in [6.07, 6.45) is 7.73. The van der Waals surface area contributed by atoms with E-state index in [0.717, 1.165) is 26.2 Å². The van der Waals surface area contributed by atoms with Crippen LogP contribution in [0, 0.1) is 5.41 Å². The Morgan fingerprint density at radius 3 is 2.96 bits per heavy atom. The lowest BCUT2D eigenvalue weighted by Crippen LogP contribution is -2.33. The molecule has 1 saturated heterocycles. The highest BCUT2D eigenvalue weighted by Crippen LogP contribution is 2.37. The van der Waals surface area contributed by atoms with Crippen LogP contribution >= 0.6 is 11.3 Å². The quantitative estimate of drug-likeness (QED) is 0.710. The van der Waals surface area contributed by atoms with E-state index in [2.05, 4.69) is 47.3 Å². The Bertz CT molecular complexity index is 599. The van der Waals surface area contributed by atoms with Gasteiger partial charge in [-0.3, -0.25) is 9.88 Å². The zero-order chi connectivity index (χ0) is 16.8. The van der Waals surface area contributed by atoms with E-state index < -0.39 is 0 Å². The average molecular weight is 345 g/mol. The van der Waals surface area contributed by atoms with E-state index in [0.29, 0.717) is 6.10 Å². The standard InChI is InChI=1S/C20H28N2OS/c1-17(2)23-16-20(8-7-19-6-4-12-24-19)9-11-22(15-20)14-18-5-3-10-21-13-18/h3-6,10,12-13,17H,7-9,11,14-16H2,1-2H3. The number of ether oxygens (including phenoxy) is 1. The second kappa shape index (κ2) is 8.24. The maximum Gasteiger partial charge on any atom is 0.0538 e. The van der Waals surface area contributed by atoms with Gasteiger partial charge >= 0.3 is 0 Å². The molecular formula is C20H28N2OS. The molecular weight excluding hydrogens is 316 g/mol. The number of pyridine rings is 1. The van der Waals surface area contributed by atoms with Gasteiger partial charge in [0.25, 0.3) is 0 Å². The van der Waals surface area contributed by atoms with Crippen LogP contribution in [-0.4, -0.2) is 35.7 Å². The van der Waals surface area contributed by atoms with Crippen LogP contribution in [0.15, 0.2) is 42.0 Å². The molecule has 3 heterocycles. The van der Waals surface area contributed by atoms with Crippen molar-refractivity contribution in [3.63, 3.8) is 0 Å². The van der Waals surface area contributed by atoms with Crippen LogP contribution in [0.3, 0.4) is 0 Å². The molecule has 24 heavy (non-hydrogen) atoms. The second-order valence-electron chi connectivity index (χ2n) is 7.26. The number of likely N-dealkylation sites (tertiary alicyclic amines) is 1. The van der Waals surface area contributed by atoms with Crippen LogP contribution in [0.4, 0.5) is 0 Å². The number of thiophene rings is 1. The first-order chi connectivity index (χ1) is 11.7. The van der Waals surface area contributed by atoms with E-state index in [1.165, 1.54) is 29.7 Å². The highest BCUT2D eigenvalue weighted by atomic mass is 32.1. The van der Waals surface area contributed by atoms with E-state index in [9.17, 15) is 0 Å². The van der Waals surface area contributed by atoms with Crippen LogP contribution in [-0.2, 0) is 17.7 Å². The molecule has 1 fully saturated rings. The number of aryl methyl sites for hydroxylation is 1. The fourth-order valence-electron chi connectivity index (χ4n) is 3.49. The summed E-state index contributed by atoms with van der Waals surface area (Å²) in [6, 6.07) is 8.60. The van der Waals surface area contributed by atoms with Gasteiger partial charge < -0.3 is 4.74 Å². The molecule has 0 aromatic carbocycles. The molecule has 1 aliphatic heterocycles. The minimum atomic E-state index is 0.288. The highest BCUT2D eigenvalue weighted by molar-refractivity contribution is 7.09. The van der Waals surface area contributed by atoms with Crippen molar-refractivity contribution in [3.05, 3.63) is 52.5 Å². The lowest BCUT2D eigenvalue weighted by atomic mass is 9.83. The third-order valence-electron chi connectivity index (χ3n) is 4.85. The number of nitrogens with zero attached hydrogens (tertiary/aromatic N) is 2. The van der Waals surface area contributed by atoms with E-state index in [1.807, 2.05) is 29.8 Å². The normalized spacial score (nSPS) is 21.6. The van der Waals surface area contributed by atoms with E-state index in [1.54, 1.807) is 0 Å². The first-order valence-electron chi connectivity index (χ1n) is 8.90. The van der Waals surface area contributed by atoms with Crippen molar-refractivity contribution in [2.24, 2.45) is 5.41 Å². The number of rotatable bonds is 8. The smallest absolute Gasteiger partial charge is 0.0538 e. The summed E-state index contributed by atoms with van der Waals surface area (Å²) in [5, 5.41) is 2.18. The van der Waals surface area contributed by atoms with Crippen molar-refractivity contribution in [2.45, 2.75) is 45.8 Å². The summed E-state index contributed by atoms with van der Waals surface area (Å²) in [6.45, 7) is 8.42. The third-order valence-corrected chi connectivity index (χ3v) is 5.79. The average Bonchev–Trinajstić information content (AvgIpc) is 3.23. The minimum absolute atomic E-state index is 0.288. The van der Waals surface area contributed by atoms with Gasteiger partial charge in [0, 0.05) is 35.8 Å². The molecule has 3 rings (SSSR count). The van der Waals surface area contributed by atoms with Crippen molar-refractivity contribution < 1.29 is 4.74 Å². The van der Waals surface area contributed by atoms with Gasteiger partial charge in [0.05, 0.1) is 12.7 Å². The van der Waals surface area contributed by atoms with E-state index in [-0.39, 0.29) is 5.41 Å². The van der Waals surface area contributed by atoms with E-state index >= 15 is 0 Å². The molecule has 1 aliphatic rings. The van der Waals surface area contributed by atoms with Gasteiger partial charge in [-0.1, -0.05) is 12.1 Å². The van der Waals surface area contributed by atoms with Crippen LogP contribution in [0.25, 0.3) is 0 Å². The summed E-state index contributed by atoms with van der Waals surface area (Å²) in [4.78, 5) is 8.30. The number of hydrogen-bond donors (Lipinski definition) is 0. The molecule has 0 spiro atoms. The van der Waals surface area contributed by atoms with Crippen molar-refractivity contribution in [1.29, 1.82) is 0 Å². The molecule has 3 nitrogen and oxygen atoms in total. The van der Waals surface area contributed by atoms with Gasteiger partial charge in [0.2, 0.25) is 0 Å². The van der Waals surface area contributed by atoms with Crippen molar-refractivity contribution in [3.8, 4) is 0 Å². The fourth-order valence-corrected chi connectivity index (χ4v) is 4.20. The number of aromatic nitrogens is 1. The van der Waals surface area contributed by atoms with Crippen molar-refractivity contribution >= 4 is 11.3 Å². The summed E-state index contributed by atoms with van der Waals surface area (Å²) in [7, 11) is 0. The molecule has 0 aliphatic carbocycles. The van der Waals surface area contributed by atoms with Crippen LogP contribution in [0.5, 0.6) is 0 Å². The van der Waals surface area contributed by atoms with Crippen molar-refractivity contribution in [1.82, 2.24) is 9.88 Å². The van der Waals surface area contributed by atoms with E-state index in [4.69, 9.17) is 4.74 Å².